The number of hydrogen-bond acceptors (Lipinski definition) is 4. The maximum absolute atomic E-state index is 13.2. The Morgan fingerprint density at radius 2 is 2.33 bits per heavy atom. The van der Waals surface area contributed by atoms with Crippen LogP contribution in [-0.2, 0) is 4.74 Å². The fraction of sp³-hybridized carbons (Fsp3) is 0.588. The molecule has 1 saturated heterocycles. The summed E-state index contributed by atoms with van der Waals surface area (Å²) in [4.78, 5) is 6.45. The number of nitrogens with one attached hydrogen (secondary N) is 2. The molecule has 0 amide bonds. The van der Waals surface area contributed by atoms with E-state index in [1.807, 2.05) is 6.92 Å². The molecule has 6 nitrogen and oxygen atoms in total. The third kappa shape index (κ3) is 6.33. The van der Waals surface area contributed by atoms with Gasteiger partial charge in [0.2, 0.25) is 0 Å². The Bertz CT molecular complexity index is 541. The molecule has 0 bridgehead atoms. The summed E-state index contributed by atoms with van der Waals surface area (Å²) in [5, 5.41) is 6.47. The zero-order valence-corrected chi connectivity index (χ0v) is 14.6. The van der Waals surface area contributed by atoms with Gasteiger partial charge >= 0.3 is 0 Å². The number of aliphatic imine (C=N–C) groups is 1. The maximum Gasteiger partial charge on any atom is 0.191 e. The predicted octanol–water partition coefficient (Wildman–Crippen LogP) is 1.09. The molecule has 0 aliphatic carbocycles. The van der Waals surface area contributed by atoms with Crippen LogP contribution < -0.4 is 15.4 Å². The van der Waals surface area contributed by atoms with E-state index in [2.05, 4.69) is 27.6 Å². The standard InChI is InChI=1S/C17H27FN4O2/c1-13(24-15-6-4-5-14(18)9-15)10-20-17(19-2)21-11-16-12-22(3)7-8-23-16/h4-6,9,13,16H,7-8,10-12H2,1-3H3,(H2,19,20,21). The molecule has 1 aliphatic rings. The summed E-state index contributed by atoms with van der Waals surface area (Å²) in [5.74, 6) is 0.912. The summed E-state index contributed by atoms with van der Waals surface area (Å²) in [5.41, 5.74) is 0. The molecule has 2 unspecified atom stereocenters. The number of benzene rings is 1. The van der Waals surface area contributed by atoms with Crippen molar-refractivity contribution in [3.8, 4) is 5.75 Å². The number of ether oxygens (including phenoxy) is 2. The fourth-order valence-electron chi connectivity index (χ4n) is 2.48. The summed E-state index contributed by atoms with van der Waals surface area (Å²) in [7, 11) is 3.81. The molecule has 7 heteroatoms. The van der Waals surface area contributed by atoms with Gasteiger partial charge in [-0.3, -0.25) is 4.99 Å². The molecular weight excluding hydrogens is 311 g/mol. The van der Waals surface area contributed by atoms with Crippen LogP contribution in [0.4, 0.5) is 4.39 Å². The first-order chi connectivity index (χ1) is 11.6. The first-order valence-corrected chi connectivity index (χ1v) is 8.23. The maximum atomic E-state index is 13.2. The summed E-state index contributed by atoms with van der Waals surface area (Å²) in [6.45, 7) is 5.81. The normalized spacial score (nSPS) is 20.5. The van der Waals surface area contributed by atoms with Crippen molar-refractivity contribution in [2.75, 3.05) is 46.9 Å². The monoisotopic (exact) mass is 338 g/mol. The highest BCUT2D eigenvalue weighted by Gasteiger charge is 2.17. The second-order valence-corrected chi connectivity index (χ2v) is 5.97. The van der Waals surface area contributed by atoms with E-state index >= 15 is 0 Å². The van der Waals surface area contributed by atoms with E-state index in [4.69, 9.17) is 9.47 Å². The molecule has 1 fully saturated rings. The molecule has 1 aliphatic heterocycles. The third-order valence-electron chi connectivity index (χ3n) is 3.75. The highest BCUT2D eigenvalue weighted by molar-refractivity contribution is 5.79. The largest absolute Gasteiger partial charge is 0.489 e. The van der Waals surface area contributed by atoms with E-state index < -0.39 is 0 Å². The van der Waals surface area contributed by atoms with Crippen LogP contribution in [0.2, 0.25) is 0 Å². The van der Waals surface area contributed by atoms with Crippen LogP contribution in [0.3, 0.4) is 0 Å². The fourth-order valence-corrected chi connectivity index (χ4v) is 2.48. The van der Waals surface area contributed by atoms with Gasteiger partial charge in [-0.15, -0.1) is 0 Å². The van der Waals surface area contributed by atoms with Gasteiger partial charge < -0.3 is 25.0 Å². The molecule has 0 radical (unpaired) electrons. The number of halogens is 1. The van der Waals surface area contributed by atoms with Crippen molar-refractivity contribution in [2.24, 2.45) is 4.99 Å². The molecule has 2 N–H and O–H groups in total. The molecule has 134 valence electrons. The molecule has 0 aromatic heterocycles. The lowest BCUT2D eigenvalue weighted by atomic mass is 10.3. The van der Waals surface area contributed by atoms with Gasteiger partial charge in [-0.25, -0.2) is 4.39 Å². The minimum Gasteiger partial charge on any atom is -0.489 e. The van der Waals surface area contributed by atoms with Gasteiger partial charge in [-0.05, 0) is 26.1 Å². The second kappa shape index (κ2) is 9.44. The molecule has 1 aromatic carbocycles. The number of rotatable bonds is 6. The summed E-state index contributed by atoms with van der Waals surface area (Å²) in [6, 6.07) is 6.14. The molecular formula is C17H27FN4O2. The van der Waals surface area contributed by atoms with E-state index in [9.17, 15) is 4.39 Å². The zero-order valence-electron chi connectivity index (χ0n) is 14.6. The SMILES string of the molecule is CN=C(NCC(C)Oc1cccc(F)c1)NCC1CN(C)CCO1. The molecule has 2 atom stereocenters. The van der Waals surface area contributed by atoms with Crippen LogP contribution in [0.1, 0.15) is 6.92 Å². The molecule has 0 spiro atoms. The molecule has 1 heterocycles. The van der Waals surface area contributed by atoms with Crippen molar-refractivity contribution in [3.05, 3.63) is 30.1 Å². The van der Waals surface area contributed by atoms with Gasteiger partial charge in [0, 0.05) is 32.7 Å². The van der Waals surface area contributed by atoms with Crippen LogP contribution in [0, 0.1) is 5.82 Å². The van der Waals surface area contributed by atoms with Crippen molar-refractivity contribution in [1.29, 1.82) is 0 Å². The minimum atomic E-state index is -0.303. The third-order valence-corrected chi connectivity index (χ3v) is 3.75. The van der Waals surface area contributed by atoms with E-state index in [0.717, 1.165) is 19.7 Å². The summed E-state index contributed by atoms with van der Waals surface area (Å²) in [6.07, 6.45) is 0.0330. The Balaban J connectivity index is 1.70. The lowest BCUT2D eigenvalue weighted by Gasteiger charge is -2.30. The average Bonchev–Trinajstić information content (AvgIpc) is 2.55. The second-order valence-electron chi connectivity index (χ2n) is 5.97. The molecule has 2 rings (SSSR count). The summed E-state index contributed by atoms with van der Waals surface area (Å²) >= 11 is 0. The first kappa shape index (κ1) is 18.5. The quantitative estimate of drug-likeness (QED) is 0.601. The van der Waals surface area contributed by atoms with Gasteiger partial charge in [-0.1, -0.05) is 6.07 Å². The molecule has 1 aromatic rings. The lowest BCUT2D eigenvalue weighted by molar-refractivity contribution is -0.0161. The number of nitrogens with zero attached hydrogens (tertiary/aromatic N) is 2. The van der Waals surface area contributed by atoms with Crippen molar-refractivity contribution in [1.82, 2.24) is 15.5 Å². The number of guanidine groups is 1. The molecule has 24 heavy (non-hydrogen) atoms. The number of hydrogen-bond donors (Lipinski definition) is 2. The predicted molar refractivity (Wildman–Crippen MR) is 93.1 cm³/mol. The Kier molecular flexibility index (Phi) is 7.27. The Labute approximate surface area is 143 Å². The van der Waals surface area contributed by atoms with Crippen LogP contribution in [0.25, 0.3) is 0 Å². The smallest absolute Gasteiger partial charge is 0.191 e. The Morgan fingerprint density at radius 1 is 1.50 bits per heavy atom. The van der Waals surface area contributed by atoms with E-state index in [1.54, 1.807) is 19.2 Å². The minimum absolute atomic E-state index is 0.123. The lowest BCUT2D eigenvalue weighted by Crippen LogP contribution is -2.49. The van der Waals surface area contributed by atoms with Gasteiger partial charge in [0.1, 0.15) is 17.7 Å². The van der Waals surface area contributed by atoms with E-state index in [-0.39, 0.29) is 18.0 Å². The Morgan fingerprint density at radius 3 is 3.04 bits per heavy atom. The first-order valence-electron chi connectivity index (χ1n) is 8.23. The van der Waals surface area contributed by atoms with Crippen LogP contribution in [0.5, 0.6) is 5.75 Å². The van der Waals surface area contributed by atoms with Crippen molar-refractivity contribution >= 4 is 5.96 Å². The Hall–Kier alpha value is -1.86. The van der Waals surface area contributed by atoms with Gasteiger partial charge in [0.15, 0.2) is 5.96 Å². The van der Waals surface area contributed by atoms with Crippen molar-refractivity contribution in [2.45, 2.75) is 19.1 Å². The van der Waals surface area contributed by atoms with E-state index in [0.29, 0.717) is 24.8 Å². The van der Waals surface area contributed by atoms with Crippen LogP contribution in [0.15, 0.2) is 29.3 Å². The van der Waals surface area contributed by atoms with Gasteiger partial charge in [0.05, 0.1) is 19.3 Å². The summed E-state index contributed by atoms with van der Waals surface area (Å²) < 4.78 is 24.5. The highest BCUT2D eigenvalue weighted by Crippen LogP contribution is 2.13. The zero-order chi connectivity index (χ0) is 17.4. The number of likely N-dealkylation sites (N-methyl/N-ethyl adjacent to an activating group) is 1. The molecule has 0 saturated carbocycles. The van der Waals surface area contributed by atoms with E-state index in [1.165, 1.54) is 12.1 Å². The van der Waals surface area contributed by atoms with Crippen LogP contribution >= 0.6 is 0 Å². The van der Waals surface area contributed by atoms with Gasteiger partial charge in [0.25, 0.3) is 0 Å². The average molecular weight is 338 g/mol. The van der Waals surface area contributed by atoms with Crippen molar-refractivity contribution in [3.63, 3.8) is 0 Å². The van der Waals surface area contributed by atoms with Crippen molar-refractivity contribution < 1.29 is 13.9 Å². The number of morpholine rings is 1. The van der Waals surface area contributed by atoms with Crippen LogP contribution in [-0.4, -0.2) is 69.9 Å². The topological polar surface area (TPSA) is 58.1 Å². The highest BCUT2D eigenvalue weighted by atomic mass is 19.1. The van der Waals surface area contributed by atoms with Gasteiger partial charge in [-0.2, -0.15) is 0 Å².